The number of hydrogen-bond acceptors (Lipinski definition) is 5. The predicted molar refractivity (Wildman–Crippen MR) is 182 cm³/mol. The summed E-state index contributed by atoms with van der Waals surface area (Å²) in [6.07, 6.45) is 6.68. The lowest BCUT2D eigenvalue weighted by molar-refractivity contribution is 0.751. The predicted octanol–water partition coefficient (Wildman–Crippen LogP) is 9.83. The molecule has 7 aromatic rings. The molecule has 0 amide bonds. The van der Waals surface area contributed by atoms with Gasteiger partial charge in [-0.1, -0.05) is 115 Å². The van der Waals surface area contributed by atoms with Crippen molar-refractivity contribution in [3.05, 3.63) is 157 Å². The highest BCUT2D eigenvalue weighted by molar-refractivity contribution is 7.25. The van der Waals surface area contributed by atoms with E-state index in [1.807, 2.05) is 47.7 Å². The number of thiophene rings is 1. The van der Waals surface area contributed by atoms with Crippen LogP contribution >= 0.6 is 11.3 Å². The summed E-state index contributed by atoms with van der Waals surface area (Å²) in [6, 6.07) is 44.8. The van der Waals surface area contributed by atoms with Crippen LogP contribution in [0.4, 0.5) is 11.4 Å². The third-order valence-electron chi connectivity index (χ3n) is 8.69. The van der Waals surface area contributed by atoms with E-state index in [1.165, 1.54) is 37.1 Å². The van der Waals surface area contributed by atoms with Crippen LogP contribution < -0.4 is 4.90 Å². The quantitative estimate of drug-likeness (QED) is 0.207. The van der Waals surface area contributed by atoms with Gasteiger partial charge in [-0.15, -0.1) is 11.3 Å². The van der Waals surface area contributed by atoms with Crippen LogP contribution in [-0.4, -0.2) is 21.0 Å². The lowest BCUT2D eigenvalue weighted by atomic mass is 9.83. The minimum atomic E-state index is 0.0702. The zero-order valence-corrected chi connectivity index (χ0v) is 24.5. The van der Waals surface area contributed by atoms with E-state index in [9.17, 15) is 0 Å². The summed E-state index contributed by atoms with van der Waals surface area (Å²) in [6.45, 7) is 0. The molecule has 4 nitrogen and oxygen atoms in total. The molecule has 0 fully saturated rings. The maximum Gasteiger partial charge on any atom is 0.164 e. The molecule has 2 atom stereocenters. The first-order valence-electron chi connectivity index (χ1n) is 14.9. The highest BCUT2D eigenvalue weighted by atomic mass is 32.1. The van der Waals surface area contributed by atoms with Crippen LogP contribution in [0.5, 0.6) is 0 Å². The van der Waals surface area contributed by atoms with Gasteiger partial charge in [-0.05, 0) is 35.9 Å². The van der Waals surface area contributed by atoms with E-state index in [-0.39, 0.29) is 12.0 Å². The normalized spacial score (nSPS) is 17.1. The van der Waals surface area contributed by atoms with Crippen molar-refractivity contribution >= 4 is 48.5 Å². The van der Waals surface area contributed by atoms with E-state index in [1.54, 1.807) is 0 Å². The first-order chi connectivity index (χ1) is 21.8. The Morgan fingerprint density at radius 1 is 0.568 bits per heavy atom. The van der Waals surface area contributed by atoms with Gasteiger partial charge in [0.2, 0.25) is 0 Å². The van der Waals surface area contributed by atoms with Crippen molar-refractivity contribution in [2.45, 2.75) is 12.0 Å². The minimum absolute atomic E-state index is 0.0702. The second-order valence-electron chi connectivity index (χ2n) is 11.2. The van der Waals surface area contributed by atoms with E-state index in [0.717, 1.165) is 16.7 Å². The van der Waals surface area contributed by atoms with Gasteiger partial charge in [0.1, 0.15) is 0 Å². The molecule has 2 unspecified atom stereocenters. The fraction of sp³-hybridized carbons (Fsp3) is 0.0513. The standard InChI is InChI=1S/C39H26N4S/c1-3-12-25(13-4-1)37-40-38(26-14-5-2-6-15-26)42-39(41-37)30-18-11-20-33-36(30)29-17-7-9-19-32(29)43(33)27-22-23-35-31(24-27)28-16-8-10-21-34(28)44-35/h1-24,33,36H. The summed E-state index contributed by atoms with van der Waals surface area (Å²) in [5, 5.41) is 2.61. The Kier molecular flexibility index (Phi) is 5.78. The number of nitrogens with zero attached hydrogens (tertiary/aromatic N) is 4. The zero-order valence-electron chi connectivity index (χ0n) is 23.7. The van der Waals surface area contributed by atoms with E-state index in [0.29, 0.717) is 17.5 Å². The fourth-order valence-electron chi connectivity index (χ4n) is 6.72. The van der Waals surface area contributed by atoms with Gasteiger partial charge in [-0.2, -0.15) is 0 Å². The molecule has 0 N–H and O–H groups in total. The van der Waals surface area contributed by atoms with Gasteiger partial charge in [0.05, 0.1) is 6.04 Å². The molecule has 2 aliphatic rings. The van der Waals surface area contributed by atoms with Crippen molar-refractivity contribution in [3.63, 3.8) is 0 Å². The molecule has 1 aliphatic heterocycles. The Balaban J connectivity index is 1.20. The largest absolute Gasteiger partial charge is 0.333 e. The number of aromatic nitrogens is 3. The highest BCUT2D eigenvalue weighted by Gasteiger charge is 2.42. The van der Waals surface area contributed by atoms with E-state index in [2.05, 4.69) is 114 Å². The smallest absolute Gasteiger partial charge is 0.164 e. The van der Waals surface area contributed by atoms with Crippen molar-refractivity contribution < 1.29 is 0 Å². The summed E-state index contributed by atoms with van der Waals surface area (Å²) < 4.78 is 2.63. The zero-order chi connectivity index (χ0) is 29.0. The molecule has 0 bridgehead atoms. The van der Waals surface area contributed by atoms with E-state index < -0.39 is 0 Å². The van der Waals surface area contributed by atoms with E-state index in [4.69, 9.17) is 15.0 Å². The monoisotopic (exact) mass is 582 g/mol. The molecule has 44 heavy (non-hydrogen) atoms. The summed E-state index contributed by atoms with van der Waals surface area (Å²) in [7, 11) is 0. The molecule has 2 aromatic heterocycles. The molecule has 5 heteroatoms. The van der Waals surface area contributed by atoms with Crippen molar-refractivity contribution in [2.24, 2.45) is 0 Å². The SMILES string of the molecule is C1=CC2C(C(c3nc(-c4ccccc4)nc(-c4ccccc4)n3)=C1)c1ccccc1N2c1ccc2sc3ccccc3c2c1. The molecule has 208 valence electrons. The topological polar surface area (TPSA) is 41.9 Å². The van der Waals surface area contributed by atoms with Crippen LogP contribution in [0.15, 0.2) is 146 Å². The van der Waals surface area contributed by atoms with Crippen molar-refractivity contribution in [3.8, 4) is 22.8 Å². The number of allylic oxidation sites excluding steroid dienone is 2. The molecule has 0 radical (unpaired) electrons. The van der Waals surface area contributed by atoms with Gasteiger partial charge in [0.25, 0.3) is 0 Å². The molecular formula is C39H26N4S. The Bertz CT molecular complexity index is 2190. The molecule has 9 rings (SSSR count). The van der Waals surface area contributed by atoms with Gasteiger partial charge >= 0.3 is 0 Å². The number of anilines is 2. The lowest BCUT2D eigenvalue weighted by Gasteiger charge is -2.31. The minimum Gasteiger partial charge on any atom is -0.333 e. The van der Waals surface area contributed by atoms with Crippen molar-refractivity contribution in [2.75, 3.05) is 4.90 Å². The first kappa shape index (κ1) is 25.1. The molecule has 5 aromatic carbocycles. The molecule has 0 saturated heterocycles. The Hall–Kier alpha value is -5.39. The second kappa shape index (κ2) is 10.1. The van der Waals surface area contributed by atoms with Gasteiger partial charge in [-0.3, -0.25) is 0 Å². The van der Waals surface area contributed by atoms with Crippen molar-refractivity contribution in [1.29, 1.82) is 0 Å². The number of hydrogen-bond donors (Lipinski definition) is 0. The average Bonchev–Trinajstić information content (AvgIpc) is 3.64. The Labute approximate surface area is 259 Å². The average molecular weight is 583 g/mol. The van der Waals surface area contributed by atoms with Gasteiger partial charge in [0.15, 0.2) is 17.5 Å². The van der Waals surface area contributed by atoms with Crippen LogP contribution in [0.25, 0.3) is 48.5 Å². The lowest BCUT2D eigenvalue weighted by Crippen LogP contribution is -2.30. The summed E-state index contributed by atoms with van der Waals surface area (Å²) in [4.78, 5) is 17.6. The van der Waals surface area contributed by atoms with Crippen LogP contribution in [0.3, 0.4) is 0 Å². The number of benzene rings is 5. The van der Waals surface area contributed by atoms with Gasteiger partial charge in [0, 0.05) is 54.2 Å². The fourth-order valence-corrected chi connectivity index (χ4v) is 7.80. The molecule has 0 saturated carbocycles. The van der Waals surface area contributed by atoms with Crippen LogP contribution in [0.1, 0.15) is 17.3 Å². The number of rotatable bonds is 4. The Morgan fingerprint density at radius 3 is 1.98 bits per heavy atom. The maximum absolute atomic E-state index is 5.11. The highest BCUT2D eigenvalue weighted by Crippen LogP contribution is 2.52. The summed E-state index contributed by atoms with van der Waals surface area (Å²) >= 11 is 1.85. The summed E-state index contributed by atoms with van der Waals surface area (Å²) in [5.41, 5.74) is 6.75. The third-order valence-corrected chi connectivity index (χ3v) is 9.84. The molecule has 3 heterocycles. The Morgan fingerprint density at radius 2 is 1.20 bits per heavy atom. The van der Waals surface area contributed by atoms with E-state index >= 15 is 0 Å². The molecule has 0 spiro atoms. The summed E-state index contributed by atoms with van der Waals surface area (Å²) in [5.74, 6) is 2.15. The first-order valence-corrected chi connectivity index (χ1v) is 15.7. The maximum atomic E-state index is 5.11. The third kappa shape index (κ3) is 4.01. The van der Waals surface area contributed by atoms with Crippen LogP contribution in [0, 0.1) is 0 Å². The van der Waals surface area contributed by atoms with Crippen LogP contribution in [0.2, 0.25) is 0 Å². The van der Waals surface area contributed by atoms with Gasteiger partial charge < -0.3 is 4.90 Å². The van der Waals surface area contributed by atoms with Gasteiger partial charge in [-0.25, -0.2) is 15.0 Å². The number of para-hydroxylation sites is 1. The second-order valence-corrected chi connectivity index (χ2v) is 12.3. The molecular weight excluding hydrogens is 557 g/mol. The molecule has 1 aliphatic carbocycles. The number of fused-ring (bicyclic) bond motifs is 6. The van der Waals surface area contributed by atoms with Crippen LogP contribution in [-0.2, 0) is 0 Å². The van der Waals surface area contributed by atoms with Crippen molar-refractivity contribution in [1.82, 2.24) is 15.0 Å².